The van der Waals surface area contributed by atoms with Gasteiger partial charge < -0.3 is 10.1 Å². The molecule has 0 fully saturated rings. The van der Waals surface area contributed by atoms with E-state index < -0.39 is 17.5 Å². The molecule has 0 spiro atoms. The Hall–Kier alpha value is -2.31. The van der Waals surface area contributed by atoms with Crippen LogP contribution in [0.4, 0.5) is 13.2 Å². The third-order valence-electron chi connectivity index (χ3n) is 2.79. The van der Waals surface area contributed by atoms with Gasteiger partial charge in [-0.25, -0.2) is 0 Å². The first-order chi connectivity index (χ1) is 11.7. The maximum atomic E-state index is 12.4. The van der Waals surface area contributed by atoms with Crippen LogP contribution in [0.5, 0.6) is 5.75 Å². The van der Waals surface area contributed by atoms with Crippen molar-refractivity contribution in [3.05, 3.63) is 77.0 Å². The minimum absolute atomic E-state index is 0.0819. The molecule has 0 aliphatic rings. The molecular weight excluding hydrogens is 355 g/mol. The van der Waals surface area contributed by atoms with Gasteiger partial charge in [0.1, 0.15) is 5.75 Å². The number of benzene rings is 2. The van der Waals surface area contributed by atoms with Crippen molar-refractivity contribution in [2.45, 2.75) is 6.18 Å². The van der Waals surface area contributed by atoms with Crippen LogP contribution < -0.4 is 10.1 Å². The van der Waals surface area contributed by atoms with E-state index in [9.17, 15) is 18.0 Å². The summed E-state index contributed by atoms with van der Waals surface area (Å²) in [5.74, 6) is -0.684. The summed E-state index contributed by atoms with van der Waals surface area (Å²) in [5, 5.41) is 2.99. The number of halogens is 4. The highest BCUT2D eigenvalue weighted by molar-refractivity contribution is 6.34. The summed E-state index contributed by atoms with van der Waals surface area (Å²) in [6.07, 6.45) is -4.43. The van der Waals surface area contributed by atoms with Crippen LogP contribution in [-0.2, 0) is 6.18 Å². The largest absolute Gasteiger partial charge is 0.454 e. The molecular formula is C18H17ClF3NO2. The first kappa shape index (κ1) is 20.7. The van der Waals surface area contributed by atoms with Gasteiger partial charge in [0.25, 0.3) is 0 Å². The molecule has 0 aliphatic heterocycles. The summed E-state index contributed by atoms with van der Waals surface area (Å²) in [7, 11) is 3.75. The van der Waals surface area contributed by atoms with Crippen LogP contribution in [0.1, 0.15) is 15.9 Å². The van der Waals surface area contributed by atoms with Gasteiger partial charge in [0.15, 0.2) is 5.76 Å². The molecule has 0 heterocycles. The lowest BCUT2D eigenvalue weighted by Gasteiger charge is -2.10. The molecule has 3 nitrogen and oxygen atoms in total. The molecule has 2 aromatic rings. The third-order valence-corrected chi connectivity index (χ3v) is 3.12. The molecule has 134 valence electrons. The highest BCUT2D eigenvalue weighted by atomic mass is 35.5. The zero-order chi connectivity index (χ0) is 19.0. The third kappa shape index (κ3) is 6.25. The van der Waals surface area contributed by atoms with Crippen molar-refractivity contribution in [2.75, 3.05) is 14.1 Å². The minimum Gasteiger partial charge on any atom is -0.454 e. The second-order valence-corrected chi connectivity index (χ2v) is 5.26. The van der Waals surface area contributed by atoms with E-state index in [0.29, 0.717) is 0 Å². The summed E-state index contributed by atoms with van der Waals surface area (Å²) in [6, 6.07) is 10.3. The highest BCUT2D eigenvalue weighted by Crippen LogP contribution is 2.30. The molecule has 2 rings (SSSR count). The topological polar surface area (TPSA) is 38.3 Å². The van der Waals surface area contributed by atoms with Crippen LogP contribution >= 0.6 is 11.6 Å². The van der Waals surface area contributed by atoms with Gasteiger partial charge >= 0.3 is 6.18 Å². The average Bonchev–Trinajstić information content (AvgIpc) is 2.55. The molecule has 0 amide bonds. The van der Waals surface area contributed by atoms with Crippen molar-refractivity contribution in [1.82, 2.24) is 5.32 Å². The summed E-state index contributed by atoms with van der Waals surface area (Å²) >= 11 is 5.89. The van der Waals surface area contributed by atoms with Gasteiger partial charge in [-0.3, -0.25) is 4.79 Å². The quantitative estimate of drug-likeness (QED) is 0.468. The molecule has 25 heavy (non-hydrogen) atoms. The summed E-state index contributed by atoms with van der Waals surface area (Å²) < 4.78 is 42.5. The lowest BCUT2D eigenvalue weighted by molar-refractivity contribution is -0.137. The Morgan fingerprint density at radius 2 is 1.60 bits per heavy atom. The molecule has 7 heteroatoms. The Morgan fingerprint density at radius 1 is 1.08 bits per heavy atom. The molecule has 0 saturated heterocycles. The predicted molar refractivity (Wildman–Crippen MR) is 92.0 cm³/mol. The van der Waals surface area contributed by atoms with E-state index in [0.717, 1.165) is 24.3 Å². The number of rotatable bonds is 4. The number of carbonyl (C=O) groups excluding carboxylic acids is 1. The van der Waals surface area contributed by atoms with Crippen LogP contribution in [0.15, 0.2) is 60.9 Å². The summed E-state index contributed by atoms with van der Waals surface area (Å²) in [6.45, 7) is 3.49. The maximum Gasteiger partial charge on any atom is 0.416 e. The Kier molecular flexibility index (Phi) is 7.67. The number of nitrogens with one attached hydrogen (secondary N) is 1. The maximum absolute atomic E-state index is 12.4. The molecule has 1 N–H and O–H groups in total. The number of Topliss-reactive ketones (excluding diaryl/α,β-unsaturated/α-hetero) is 1. The van der Waals surface area contributed by atoms with Crippen LogP contribution in [-0.4, -0.2) is 19.9 Å². The van der Waals surface area contributed by atoms with Gasteiger partial charge in [-0.05, 0) is 50.5 Å². The highest BCUT2D eigenvalue weighted by Gasteiger charge is 2.30. The average molecular weight is 372 g/mol. The van der Waals surface area contributed by atoms with E-state index in [-0.39, 0.29) is 22.1 Å². The zero-order valence-corrected chi connectivity index (χ0v) is 14.4. The van der Waals surface area contributed by atoms with E-state index in [2.05, 4.69) is 11.9 Å². The van der Waals surface area contributed by atoms with E-state index >= 15 is 0 Å². The Labute approximate surface area is 149 Å². The second kappa shape index (κ2) is 9.25. The van der Waals surface area contributed by atoms with E-state index in [1.807, 2.05) is 14.1 Å². The lowest BCUT2D eigenvalue weighted by atomic mass is 10.1. The van der Waals surface area contributed by atoms with Crippen molar-refractivity contribution in [2.24, 2.45) is 0 Å². The lowest BCUT2D eigenvalue weighted by Crippen LogP contribution is -2.09. The number of hydrogen-bond donors (Lipinski definition) is 1. The van der Waals surface area contributed by atoms with Crippen LogP contribution in [0.2, 0.25) is 5.02 Å². The van der Waals surface area contributed by atoms with Gasteiger partial charge in [0.05, 0.1) is 10.6 Å². The SMILES string of the molecule is C=C(Oc1ccc(C(F)(F)F)cc1)C(=O)c1ccccc1Cl.CNC. The minimum atomic E-state index is -4.43. The summed E-state index contributed by atoms with van der Waals surface area (Å²) in [5.41, 5.74) is -0.594. The fourth-order valence-corrected chi connectivity index (χ4v) is 1.92. The fourth-order valence-electron chi connectivity index (χ4n) is 1.70. The predicted octanol–water partition coefficient (Wildman–Crippen LogP) is 4.97. The number of allylic oxidation sites excluding steroid dienone is 1. The Balaban J connectivity index is 0.000000970. The molecule has 0 bridgehead atoms. The number of hydrogen-bond acceptors (Lipinski definition) is 3. The molecule has 0 saturated carbocycles. The van der Waals surface area contributed by atoms with Crippen molar-refractivity contribution in [3.8, 4) is 5.75 Å². The van der Waals surface area contributed by atoms with Gasteiger partial charge in [0, 0.05) is 5.56 Å². The first-order valence-electron chi connectivity index (χ1n) is 7.12. The van der Waals surface area contributed by atoms with Crippen LogP contribution in [0.3, 0.4) is 0 Å². The van der Waals surface area contributed by atoms with Crippen LogP contribution in [0.25, 0.3) is 0 Å². The van der Waals surface area contributed by atoms with Crippen molar-refractivity contribution in [1.29, 1.82) is 0 Å². The van der Waals surface area contributed by atoms with Crippen molar-refractivity contribution < 1.29 is 22.7 Å². The molecule has 0 atom stereocenters. The number of alkyl halides is 3. The monoisotopic (exact) mass is 371 g/mol. The van der Waals surface area contributed by atoms with Crippen LogP contribution in [0, 0.1) is 0 Å². The van der Waals surface area contributed by atoms with Gasteiger partial charge in [-0.2, -0.15) is 13.2 Å². The first-order valence-corrected chi connectivity index (χ1v) is 7.50. The molecule has 0 aliphatic carbocycles. The van der Waals surface area contributed by atoms with Crippen molar-refractivity contribution >= 4 is 17.4 Å². The van der Waals surface area contributed by atoms with Crippen molar-refractivity contribution in [3.63, 3.8) is 0 Å². The normalized spacial score (nSPS) is 10.5. The van der Waals surface area contributed by atoms with Gasteiger partial charge in [0.2, 0.25) is 5.78 Å². The molecule has 0 radical (unpaired) electrons. The number of ketones is 1. The molecule has 0 unspecified atom stereocenters. The smallest absolute Gasteiger partial charge is 0.416 e. The standard InChI is InChI=1S/C16H10ClF3O2.C2H7N/c1-10(15(21)13-4-2-3-5-14(13)17)22-12-8-6-11(7-9-12)16(18,19)20;1-3-2/h2-9H,1H2;3H,1-2H3. The number of ether oxygens (including phenoxy) is 1. The van der Waals surface area contributed by atoms with E-state index in [1.165, 1.54) is 6.07 Å². The molecule has 2 aromatic carbocycles. The van der Waals surface area contributed by atoms with Gasteiger partial charge in [-0.15, -0.1) is 0 Å². The van der Waals surface area contributed by atoms with E-state index in [4.69, 9.17) is 16.3 Å². The Bertz CT molecular complexity index is 728. The Morgan fingerprint density at radius 3 is 2.08 bits per heavy atom. The van der Waals surface area contributed by atoms with E-state index in [1.54, 1.807) is 18.2 Å². The molecule has 0 aromatic heterocycles. The zero-order valence-electron chi connectivity index (χ0n) is 13.7. The van der Waals surface area contributed by atoms with Gasteiger partial charge in [-0.1, -0.05) is 30.3 Å². The second-order valence-electron chi connectivity index (χ2n) is 4.86. The fraction of sp³-hybridized carbons (Fsp3) is 0.167. The summed E-state index contributed by atoms with van der Waals surface area (Å²) in [4.78, 5) is 12.1. The number of carbonyl (C=O) groups is 1.